The summed E-state index contributed by atoms with van der Waals surface area (Å²) in [5.74, 6) is -0.436. The Bertz CT molecular complexity index is 342. The Morgan fingerprint density at radius 3 is 2.00 bits per heavy atom. The van der Waals surface area contributed by atoms with E-state index in [0.717, 1.165) is 12.8 Å². The summed E-state index contributed by atoms with van der Waals surface area (Å²) in [6.45, 7) is 17.1. The van der Waals surface area contributed by atoms with Gasteiger partial charge in [-0.25, -0.2) is 9.18 Å². The van der Waals surface area contributed by atoms with Gasteiger partial charge in [0.25, 0.3) is 0 Å². The second-order valence-corrected chi connectivity index (χ2v) is 3.62. The molecule has 0 saturated carbocycles. The number of unbranched alkanes of at least 4 members (excludes halogenated alkanes) is 1. The maximum Gasteiger partial charge on any atom is 0 e. The number of hydrogen-bond acceptors (Lipinski definition) is 2. The molecule has 0 heterocycles. The molecule has 0 fully saturated rings. The smallest absolute Gasteiger partial charge is 0 e. The minimum absolute atomic E-state index is 0. The molecule has 0 radical (unpaired) electrons. The van der Waals surface area contributed by atoms with Crippen LogP contribution in [-0.4, -0.2) is 18.7 Å². The van der Waals surface area contributed by atoms with Crippen LogP contribution in [0.25, 0.3) is 0 Å². The Morgan fingerprint density at radius 2 is 1.64 bits per heavy atom. The largest absolute Gasteiger partial charge is 0 e. The number of allylic oxidation sites excluding steroid dienone is 3. The number of esters is 1. The van der Waals surface area contributed by atoms with Crippen molar-refractivity contribution >= 4 is 5.97 Å². The first-order valence-electron chi connectivity index (χ1n) is 5.76. The molecule has 0 spiro atoms. The van der Waals surface area contributed by atoms with Gasteiger partial charge < -0.3 is 4.74 Å². The van der Waals surface area contributed by atoms with E-state index in [9.17, 15) is 9.18 Å². The van der Waals surface area contributed by atoms with E-state index in [1.807, 2.05) is 6.92 Å². The average Bonchev–Trinajstić information content (AvgIpc) is 2.55. The normalized spacial score (nSPS) is 11.0. The standard InChI is InChI=1S/C12H19FO2.3CO.Fe/c1-4-5-9-12(2,13)10-7-6-8-11(14)15-3;3*1-2;/h6-8,10H,4-5,9H2,1-3H3;;;;/b8-6+,10-7+;;;;/t12-;;;;/m0..../s1. The van der Waals surface area contributed by atoms with E-state index in [4.69, 9.17) is 14.0 Å². The molecule has 7 heteroatoms. The third kappa shape index (κ3) is 31.2. The predicted molar refractivity (Wildman–Crippen MR) is 71.1 cm³/mol. The van der Waals surface area contributed by atoms with Crippen LogP contribution in [-0.2, 0) is 40.6 Å². The fourth-order valence-corrected chi connectivity index (χ4v) is 1.06. The van der Waals surface area contributed by atoms with Gasteiger partial charge in [-0.1, -0.05) is 31.9 Å². The fourth-order valence-electron chi connectivity index (χ4n) is 1.06. The van der Waals surface area contributed by atoms with Gasteiger partial charge in [0.1, 0.15) is 5.67 Å². The summed E-state index contributed by atoms with van der Waals surface area (Å²) in [7, 11) is 1.30. The topological polar surface area (TPSA) is 86.0 Å². The molecule has 0 aromatic rings. The molecule has 0 aliphatic heterocycles. The van der Waals surface area contributed by atoms with E-state index in [1.165, 1.54) is 38.3 Å². The van der Waals surface area contributed by atoms with Gasteiger partial charge in [-0.15, -0.1) is 0 Å². The first-order chi connectivity index (χ1) is 10.0. The Balaban J connectivity index is -0.000000122. The van der Waals surface area contributed by atoms with Gasteiger partial charge in [0.2, 0.25) is 0 Å². The Labute approximate surface area is 141 Å². The van der Waals surface area contributed by atoms with Crippen LogP contribution in [0.4, 0.5) is 4.39 Å². The predicted octanol–water partition coefficient (Wildman–Crippen LogP) is 3.08. The summed E-state index contributed by atoms with van der Waals surface area (Å²) >= 11 is 0. The van der Waals surface area contributed by atoms with Crippen LogP contribution in [0.3, 0.4) is 0 Å². The number of rotatable bonds is 6. The van der Waals surface area contributed by atoms with Crippen molar-refractivity contribution in [1.82, 2.24) is 0 Å². The molecule has 0 unspecified atom stereocenters. The van der Waals surface area contributed by atoms with Crippen molar-refractivity contribution in [1.29, 1.82) is 0 Å². The van der Waals surface area contributed by atoms with Crippen LogP contribution < -0.4 is 0 Å². The third-order valence-corrected chi connectivity index (χ3v) is 2.01. The van der Waals surface area contributed by atoms with Crippen LogP contribution in [0.5, 0.6) is 0 Å². The monoisotopic (exact) mass is 354 g/mol. The van der Waals surface area contributed by atoms with Crippen LogP contribution in [0.1, 0.15) is 33.1 Å². The molecule has 0 aliphatic rings. The van der Waals surface area contributed by atoms with Crippen molar-refractivity contribution in [2.45, 2.75) is 38.8 Å². The van der Waals surface area contributed by atoms with Crippen molar-refractivity contribution < 1.29 is 44.9 Å². The molecule has 124 valence electrons. The number of methoxy groups -OCH3 is 1. The number of carbonyl (C=O) groups is 1. The zero-order valence-electron chi connectivity index (χ0n) is 12.7. The molecule has 0 N–H and O–H groups in total. The second-order valence-electron chi connectivity index (χ2n) is 3.62. The van der Waals surface area contributed by atoms with Crippen molar-refractivity contribution in [2.75, 3.05) is 7.11 Å². The number of alkyl halides is 1. The Morgan fingerprint density at radius 1 is 1.18 bits per heavy atom. The van der Waals surface area contributed by atoms with E-state index in [2.05, 4.69) is 24.7 Å². The van der Waals surface area contributed by atoms with E-state index < -0.39 is 11.6 Å². The molecule has 0 aromatic heterocycles. The molecule has 5 nitrogen and oxygen atoms in total. The van der Waals surface area contributed by atoms with Crippen molar-refractivity contribution in [2.24, 2.45) is 0 Å². The summed E-state index contributed by atoms with van der Waals surface area (Å²) < 4.78 is 40.5. The Kier molecular flexibility index (Phi) is 41.2. The van der Waals surface area contributed by atoms with Crippen LogP contribution >= 0.6 is 0 Å². The molecule has 0 bridgehead atoms. The van der Waals surface area contributed by atoms with E-state index in [0.29, 0.717) is 6.42 Å². The van der Waals surface area contributed by atoms with E-state index in [-0.39, 0.29) is 17.1 Å². The van der Waals surface area contributed by atoms with Crippen molar-refractivity contribution in [3.8, 4) is 0 Å². The van der Waals surface area contributed by atoms with Crippen LogP contribution in [0.2, 0.25) is 0 Å². The first-order valence-corrected chi connectivity index (χ1v) is 5.76. The van der Waals surface area contributed by atoms with E-state index >= 15 is 0 Å². The molecule has 1 atom stereocenters. The van der Waals surface area contributed by atoms with Gasteiger partial charge in [0.15, 0.2) is 0 Å². The van der Waals surface area contributed by atoms with Gasteiger partial charge in [-0.05, 0) is 19.4 Å². The minimum Gasteiger partial charge on any atom is 0 e. The summed E-state index contributed by atoms with van der Waals surface area (Å²) in [6, 6.07) is 0. The van der Waals surface area contributed by atoms with E-state index in [1.54, 1.807) is 0 Å². The van der Waals surface area contributed by atoms with Crippen molar-refractivity contribution in [3.63, 3.8) is 0 Å². The van der Waals surface area contributed by atoms with Crippen LogP contribution in [0, 0.1) is 20.0 Å². The molecule has 0 rings (SSSR count). The maximum absolute atomic E-state index is 13.6. The number of ether oxygens (including phenoxy) is 1. The van der Waals surface area contributed by atoms with Gasteiger partial charge in [-0.3, -0.25) is 0 Å². The Hall–Kier alpha value is -1.38. The molecular weight excluding hydrogens is 335 g/mol. The summed E-state index contributed by atoms with van der Waals surface area (Å²) in [6.07, 6.45) is 8.08. The minimum atomic E-state index is -1.30. The third-order valence-electron chi connectivity index (χ3n) is 2.01. The number of carbonyl (C=O) groups excluding carboxylic acids is 1. The number of hydrogen-bond donors (Lipinski definition) is 0. The first kappa shape index (κ1) is 32.5. The average molecular weight is 354 g/mol. The molecule has 0 aliphatic carbocycles. The van der Waals surface area contributed by atoms with Gasteiger partial charge in [-0.2, -0.15) is 0 Å². The van der Waals surface area contributed by atoms with Crippen LogP contribution in [0.15, 0.2) is 24.3 Å². The van der Waals surface area contributed by atoms with Gasteiger partial charge in [0, 0.05) is 23.1 Å². The zero-order chi connectivity index (χ0) is 17.7. The summed E-state index contributed by atoms with van der Waals surface area (Å²) in [5.41, 5.74) is -1.30. The SMILES string of the molecule is CCCC[C@](C)(F)/C=C/C=C/C(=O)OC.[C-]#[O+].[C-]#[O+].[C-]#[O+].[Fe]. The van der Waals surface area contributed by atoms with Gasteiger partial charge >= 0.3 is 39.9 Å². The molecule has 0 aromatic carbocycles. The second kappa shape index (κ2) is 27.9. The van der Waals surface area contributed by atoms with Gasteiger partial charge in [0.05, 0.1) is 7.11 Å². The van der Waals surface area contributed by atoms with Crippen molar-refractivity contribution in [3.05, 3.63) is 44.3 Å². The molecule has 0 saturated heterocycles. The molecule has 0 amide bonds. The zero-order valence-corrected chi connectivity index (χ0v) is 13.8. The quantitative estimate of drug-likeness (QED) is 0.183. The summed E-state index contributed by atoms with van der Waals surface area (Å²) in [4.78, 5) is 10.7. The fraction of sp³-hybridized carbons (Fsp3) is 0.467. The number of halogens is 1. The summed E-state index contributed by atoms with van der Waals surface area (Å²) in [5, 5.41) is 0. The molecular formula is C15H19FFeO5. The molecule has 22 heavy (non-hydrogen) atoms. The maximum atomic E-state index is 13.6.